The number of nitrogens with zero attached hydrogens (tertiary/aromatic N) is 2. The molecule has 0 spiro atoms. The Morgan fingerprint density at radius 3 is 1.39 bits per heavy atom. The fourth-order valence-electron chi connectivity index (χ4n) is 9.88. The number of hydrogen-bond acceptors (Lipinski definition) is 1. The first-order valence-corrected chi connectivity index (χ1v) is 22.0. The average Bonchev–Trinajstić information content (AvgIpc) is 3.71. The maximum Gasteiger partial charge on any atom is 0.0541 e. The lowest BCUT2D eigenvalue weighted by molar-refractivity contribution is 1.18. The summed E-state index contributed by atoms with van der Waals surface area (Å²) < 4.78 is 2.44. The summed E-state index contributed by atoms with van der Waals surface area (Å²) >= 11 is 0. The predicted octanol–water partition coefficient (Wildman–Crippen LogP) is 17.2. The van der Waals surface area contributed by atoms with Crippen LogP contribution < -0.4 is 4.90 Å². The Labute approximate surface area is 373 Å². The Hall–Kier alpha value is -8.46. The van der Waals surface area contributed by atoms with Crippen LogP contribution in [0.4, 0.5) is 17.1 Å². The third kappa shape index (κ3) is 6.35. The second-order valence-electron chi connectivity index (χ2n) is 16.4. The van der Waals surface area contributed by atoms with Gasteiger partial charge in [-0.05, 0) is 104 Å². The van der Waals surface area contributed by atoms with Crippen molar-refractivity contribution in [2.75, 3.05) is 4.90 Å². The second-order valence-corrected chi connectivity index (χ2v) is 16.4. The van der Waals surface area contributed by atoms with Gasteiger partial charge in [0.25, 0.3) is 0 Å². The van der Waals surface area contributed by atoms with Crippen molar-refractivity contribution < 1.29 is 0 Å². The lowest BCUT2D eigenvalue weighted by Crippen LogP contribution is -2.11. The number of aromatic nitrogens is 1. The van der Waals surface area contributed by atoms with Gasteiger partial charge in [-0.25, -0.2) is 0 Å². The highest BCUT2D eigenvalue weighted by molar-refractivity contribution is 6.10. The molecule has 300 valence electrons. The summed E-state index contributed by atoms with van der Waals surface area (Å²) in [6.45, 7) is 0. The van der Waals surface area contributed by atoms with Crippen molar-refractivity contribution in [3.05, 3.63) is 255 Å². The maximum atomic E-state index is 2.44. The molecule has 0 atom stereocenters. The van der Waals surface area contributed by atoms with Crippen LogP contribution in [0.2, 0.25) is 0 Å². The lowest BCUT2D eigenvalue weighted by atomic mass is 9.91. The molecule has 0 N–H and O–H groups in total. The van der Waals surface area contributed by atoms with Gasteiger partial charge in [0.2, 0.25) is 0 Å². The molecule has 0 radical (unpaired) electrons. The maximum absolute atomic E-state index is 2.44. The van der Waals surface area contributed by atoms with E-state index in [0.29, 0.717) is 0 Å². The Balaban J connectivity index is 1.04. The van der Waals surface area contributed by atoms with E-state index in [1.165, 1.54) is 76.7 Å². The average molecular weight is 815 g/mol. The molecule has 0 unspecified atom stereocenters. The van der Waals surface area contributed by atoms with Crippen molar-refractivity contribution >= 4 is 60.4 Å². The topological polar surface area (TPSA) is 8.17 Å². The van der Waals surface area contributed by atoms with Gasteiger partial charge in [0.15, 0.2) is 0 Å². The molecule has 11 aromatic carbocycles. The summed E-state index contributed by atoms with van der Waals surface area (Å²) in [6, 6.07) is 92.7. The van der Waals surface area contributed by atoms with Crippen molar-refractivity contribution in [3.8, 4) is 50.2 Å². The fraction of sp³-hybridized carbons (Fsp3) is 0. The molecule has 1 heterocycles. The number of anilines is 3. The molecule has 0 aliphatic carbocycles. The molecule has 0 aliphatic heterocycles. The van der Waals surface area contributed by atoms with Crippen molar-refractivity contribution in [1.29, 1.82) is 0 Å². The molecule has 2 nitrogen and oxygen atoms in total. The molecule has 1 aromatic heterocycles. The van der Waals surface area contributed by atoms with E-state index in [1.54, 1.807) is 0 Å². The lowest BCUT2D eigenvalue weighted by Gasteiger charge is -2.28. The summed E-state index contributed by atoms with van der Waals surface area (Å²) in [5.41, 5.74) is 16.4. The van der Waals surface area contributed by atoms with Crippen LogP contribution in [0.3, 0.4) is 0 Å². The highest BCUT2D eigenvalue weighted by Gasteiger charge is 2.21. The smallest absolute Gasteiger partial charge is 0.0541 e. The molecule has 0 aliphatic rings. The monoisotopic (exact) mass is 814 g/mol. The Morgan fingerprint density at radius 2 is 0.734 bits per heavy atom. The van der Waals surface area contributed by atoms with Gasteiger partial charge >= 0.3 is 0 Å². The van der Waals surface area contributed by atoms with Crippen LogP contribution in [0.15, 0.2) is 255 Å². The molecule has 0 amide bonds. The Kier molecular flexibility index (Phi) is 9.20. The van der Waals surface area contributed by atoms with Crippen molar-refractivity contribution in [2.45, 2.75) is 0 Å². The minimum absolute atomic E-state index is 1.08. The first-order chi connectivity index (χ1) is 31.8. The zero-order valence-electron chi connectivity index (χ0n) is 35.1. The van der Waals surface area contributed by atoms with Crippen LogP contribution in [0.5, 0.6) is 0 Å². The largest absolute Gasteiger partial charge is 0.310 e. The summed E-state index contributed by atoms with van der Waals surface area (Å²) in [7, 11) is 0. The molecule has 12 rings (SSSR count). The van der Waals surface area contributed by atoms with Gasteiger partial charge in [0, 0.05) is 33.1 Å². The zero-order chi connectivity index (χ0) is 42.4. The molecule has 0 saturated heterocycles. The molecule has 12 aromatic rings. The summed E-state index contributed by atoms with van der Waals surface area (Å²) in [5.74, 6) is 0. The third-order valence-corrected chi connectivity index (χ3v) is 12.8. The molecule has 0 fully saturated rings. The number of hydrogen-bond donors (Lipinski definition) is 0. The highest BCUT2D eigenvalue weighted by Crippen LogP contribution is 2.46. The molecular weight excluding hydrogens is 773 g/mol. The van der Waals surface area contributed by atoms with Gasteiger partial charge in [-0.15, -0.1) is 0 Å². The van der Waals surface area contributed by atoms with Crippen molar-refractivity contribution in [1.82, 2.24) is 4.57 Å². The summed E-state index contributed by atoms with van der Waals surface area (Å²) in [5, 5.41) is 7.39. The van der Waals surface area contributed by atoms with Gasteiger partial charge < -0.3 is 9.47 Å². The van der Waals surface area contributed by atoms with Crippen LogP contribution in [0.25, 0.3) is 93.5 Å². The van der Waals surface area contributed by atoms with Crippen LogP contribution in [0, 0.1) is 0 Å². The van der Waals surface area contributed by atoms with Crippen molar-refractivity contribution in [2.24, 2.45) is 0 Å². The van der Waals surface area contributed by atoms with Gasteiger partial charge in [0.05, 0.1) is 22.4 Å². The van der Waals surface area contributed by atoms with E-state index in [0.717, 1.165) is 33.9 Å². The fourth-order valence-corrected chi connectivity index (χ4v) is 9.88. The Bertz CT molecular complexity index is 3600. The van der Waals surface area contributed by atoms with E-state index in [1.807, 2.05) is 0 Å². The molecule has 0 saturated carbocycles. The zero-order valence-corrected chi connectivity index (χ0v) is 35.1. The summed E-state index contributed by atoms with van der Waals surface area (Å²) in [6.07, 6.45) is 0. The van der Waals surface area contributed by atoms with Crippen molar-refractivity contribution in [3.63, 3.8) is 0 Å². The molecule has 2 heteroatoms. The first-order valence-electron chi connectivity index (χ1n) is 22.0. The predicted molar refractivity (Wildman–Crippen MR) is 272 cm³/mol. The minimum Gasteiger partial charge on any atom is -0.310 e. The Morgan fingerprint density at radius 1 is 0.266 bits per heavy atom. The van der Waals surface area contributed by atoms with Crippen LogP contribution in [-0.2, 0) is 0 Å². The number of fused-ring (bicyclic) bond motifs is 5. The third-order valence-electron chi connectivity index (χ3n) is 12.8. The van der Waals surface area contributed by atoms with Crippen LogP contribution in [0.1, 0.15) is 0 Å². The quantitative estimate of drug-likeness (QED) is 0.148. The van der Waals surface area contributed by atoms with E-state index < -0.39 is 0 Å². The van der Waals surface area contributed by atoms with E-state index in [9.17, 15) is 0 Å². The van der Waals surface area contributed by atoms with Gasteiger partial charge in [-0.2, -0.15) is 0 Å². The van der Waals surface area contributed by atoms with Gasteiger partial charge in [0.1, 0.15) is 0 Å². The SMILES string of the molecule is c1ccc(-c2cc(N(c3ccc(-c4ccc(-c5ccccc5)c5ccccc45)cc3)c3cccc4ccccc34)ccc2-c2ccccc2-n2c3ccccc3c3ccccc32)cc1. The minimum atomic E-state index is 1.08. The first kappa shape index (κ1) is 37.3. The standard InChI is InChI=1S/C62H42N2/c1-3-18-43(19-4-1)49-40-41-50(53-26-10-9-25-52(49)53)46-34-36-47(37-35-46)63(59-33-17-23-44-22-7-8-24-51(44)59)48-38-39-54(58(42-48)45-20-5-2-6-21-45)55-27-11-14-30-60(55)64-61-31-15-12-28-56(61)57-29-13-16-32-62(57)64/h1-42H. The molecule has 64 heavy (non-hydrogen) atoms. The van der Waals surface area contributed by atoms with E-state index >= 15 is 0 Å². The highest BCUT2D eigenvalue weighted by atomic mass is 15.1. The second kappa shape index (κ2) is 15.8. The number of benzene rings is 11. The van der Waals surface area contributed by atoms with Crippen LogP contribution >= 0.6 is 0 Å². The van der Waals surface area contributed by atoms with E-state index in [2.05, 4.69) is 264 Å². The van der Waals surface area contributed by atoms with Crippen LogP contribution in [-0.4, -0.2) is 4.57 Å². The van der Waals surface area contributed by atoms with Gasteiger partial charge in [-0.1, -0.05) is 206 Å². The molecular formula is C62H42N2. The summed E-state index contributed by atoms with van der Waals surface area (Å²) in [4.78, 5) is 2.43. The van der Waals surface area contributed by atoms with E-state index in [-0.39, 0.29) is 0 Å². The van der Waals surface area contributed by atoms with Gasteiger partial charge in [-0.3, -0.25) is 0 Å². The number of para-hydroxylation sites is 3. The number of rotatable bonds is 8. The normalized spacial score (nSPS) is 11.4. The molecule has 0 bridgehead atoms. The van der Waals surface area contributed by atoms with E-state index in [4.69, 9.17) is 0 Å².